The molecule has 0 unspecified atom stereocenters. The third-order valence-electron chi connectivity index (χ3n) is 6.01. The Bertz CT molecular complexity index is 1190. The Kier molecular flexibility index (Phi) is 6.19. The van der Waals surface area contributed by atoms with Crippen molar-refractivity contribution in [1.82, 2.24) is 4.90 Å². The molecule has 0 aromatic heterocycles. The molecule has 7 heteroatoms. The van der Waals surface area contributed by atoms with Gasteiger partial charge >= 0.3 is 0 Å². The number of piperidine rings is 1. The minimum atomic E-state index is -3.78. The molecular formula is C25H26N2O4S. The molecule has 6 nitrogen and oxygen atoms in total. The molecule has 0 radical (unpaired) electrons. The van der Waals surface area contributed by atoms with Crippen molar-refractivity contribution in [1.29, 1.82) is 0 Å². The third kappa shape index (κ3) is 4.48. The Morgan fingerprint density at radius 2 is 1.59 bits per heavy atom. The molecule has 3 aromatic carbocycles. The lowest BCUT2D eigenvalue weighted by molar-refractivity contribution is 0.0712. The van der Waals surface area contributed by atoms with Gasteiger partial charge in [0.25, 0.3) is 15.9 Å². The van der Waals surface area contributed by atoms with Crippen molar-refractivity contribution in [3.8, 4) is 5.75 Å². The fourth-order valence-corrected chi connectivity index (χ4v) is 5.31. The number of nitrogens with zero attached hydrogens (tertiary/aromatic N) is 2. The number of carbonyl (C=O) groups is 1. The Hall–Kier alpha value is -3.32. The number of carbonyl (C=O) groups excluding carboxylic acids is 1. The average Bonchev–Trinajstić information content (AvgIpc) is 2.84. The number of para-hydroxylation sites is 1. The standard InChI is InChI=1S/C25H26N2O4S/c1-26(22-7-3-2-4-8-22)32(30,31)24-9-5-6-21(18-24)25(29)27-16-14-20(15-17-27)19-10-12-23(28)13-11-19/h2-13,18,20,28H,14-17H2,1H3. The molecule has 0 bridgehead atoms. The molecule has 1 N–H and O–H groups in total. The molecule has 1 amide bonds. The fraction of sp³-hybridized carbons (Fsp3) is 0.240. The van der Waals surface area contributed by atoms with E-state index in [-0.39, 0.29) is 16.6 Å². The quantitative estimate of drug-likeness (QED) is 0.631. The third-order valence-corrected chi connectivity index (χ3v) is 7.79. The van der Waals surface area contributed by atoms with Crippen LogP contribution in [-0.4, -0.2) is 44.5 Å². The van der Waals surface area contributed by atoms with Gasteiger partial charge in [0.1, 0.15) is 5.75 Å². The molecule has 0 aliphatic carbocycles. The van der Waals surface area contributed by atoms with E-state index in [9.17, 15) is 18.3 Å². The number of benzene rings is 3. The Morgan fingerprint density at radius 1 is 0.938 bits per heavy atom. The van der Waals surface area contributed by atoms with E-state index in [0.717, 1.165) is 18.4 Å². The Balaban J connectivity index is 1.47. The van der Waals surface area contributed by atoms with Crippen LogP contribution in [0.2, 0.25) is 0 Å². The van der Waals surface area contributed by atoms with Crippen LogP contribution in [0.3, 0.4) is 0 Å². The first-order chi connectivity index (χ1) is 15.4. The highest BCUT2D eigenvalue weighted by molar-refractivity contribution is 7.92. The number of hydrogen-bond donors (Lipinski definition) is 1. The molecular weight excluding hydrogens is 424 g/mol. The number of amides is 1. The summed E-state index contributed by atoms with van der Waals surface area (Å²) in [6.45, 7) is 1.20. The van der Waals surface area contributed by atoms with Gasteiger partial charge in [0.15, 0.2) is 0 Å². The lowest BCUT2D eigenvalue weighted by atomic mass is 9.89. The maximum atomic E-state index is 13.1. The first-order valence-corrected chi connectivity index (χ1v) is 12.0. The Morgan fingerprint density at radius 3 is 2.25 bits per heavy atom. The van der Waals surface area contributed by atoms with Crippen molar-refractivity contribution >= 4 is 21.6 Å². The van der Waals surface area contributed by atoms with Crippen LogP contribution in [0.4, 0.5) is 5.69 Å². The summed E-state index contributed by atoms with van der Waals surface area (Å²) >= 11 is 0. The molecule has 3 aromatic rings. The van der Waals surface area contributed by atoms with Crippen LogP contribution in [0, 0.1) is 0 Å². The van der Waals surface area contributed by atoms with Gasteiger partial charge in [-0.25, -0.2) is 8.42 Å². The van der Waals surface area contributed by atoms with Crippen LogP contribution in [0.1, 0.15) is 34.7 Å². The number of phenolic OH excluding ortho intramolecular Hbond substituents is 1. The summed E-state index contributed by atoms with van der Waals surface area (Å²) in [5, 5.41) is 9.48. The summed E-state index contributed by atoms with van der Waals surface area (Å²) in [7, 11) is -2.28. The minimum Gasteiger partial charge on any atom is -0.508 e. The summed E-state index contributed by atoms with van der Waals surface area (Å²) < 4.78 is 27.4. The summed E-state index contributed by atoms with van der Waals surface area (Å²) in [5.74, 6) is 0.425. The van der Waals surface area contributed by atoms with Crippen molar-refractivity contribution < 1.29 is 18.3 Å². The molecule has 1 saturated heterocycles. The van der Waals surface area contributed by atoms with Crippen LogP contribution < -0.4 is 4.31 Å². The van der Waals surface area contributed by atoms with Crippen molar-refractivity contribution in [3.05, 3.63) is 90.0 Å². The predicted molar refractivity (Wildman–Crippen MR) is 124 cm³/mol. The van der Waals surface area contributed by atoms with Gasteiger partial charge in [0.05, 0.1) is 10.6 Å². The van der Waals surface area contributed by atoms with E-state index in [1.54, 1.807) is 53.4 Å². The van der Waals surface area contributed by atoms with Gasteiger partial charge in [0, 0.05) is 25.7 Å². The zero-order valence-electron chi connectivity index (χ0n) is 17.9. The lowest BCUT2D eigenvalue weighted by Gasteiger charge is -2.32. The molecule has 166 valence electrons. The number of sulfonamides is 1. The van der Waals surface area contributed by atoms with Gasteiger partial charge in [-0.05, 0) is 66.8 Å². The topological polar surface area (TPSA) is 77.9 Å². The minimum absolute atomic E-state index is 0.0914. The van der Waals surface area contributed by atoms with Gasteiger partial charge in [0.2, 0.25) is 0 Å². The van der Waals surface area contributed by atoms with E-state index in [1.807, 2.05) is 18.2 Å². The van der Waals surface area contributed by atoms with E-state index >= 15 is 0 Å². The summed E-state index contributed by atoms with van der Waals surface area (Å²) in [6, 6.07) is 22.3. The summed E-state index contributed by atoms with van der Waals surface area (Å²) in [5.41, 5.74) is 2.09. The second-order valence-electron chi connectivity index (χ2n) is 7.99. The second kappa shape index (κ2) is 9.04. The normalized spacial score (nSPS) is 14.8. The average molecular weight is 451 g/mol. The molecule has 1 aliphatic rings. The molecule has 0 saturated carbocycles. The van der Waals surface area contributed by atoms with Gasteiger partial charge in [-0.1, -0.05) is 36.4 Å². The number of aromatic hydroxyl groups is 1. The second-order valence-corrected chi connectivity index (χ2v) is 9.96. The largest absolute Gasteiger partial charge is 0.508 e. The first-order valence-electron chi connectivity index (χ1n) is 10.6. The van der Waals surface area contributed by atoms with Gasteiger partial charge < -0.3 is 10.0 Å². The van der Waals surface area contributed by atoms with Crippen LogP contribution in [-0.2, 0) is 10.0 Å². The number of rotatable bonds is 5. The van der Waals surface area contributed by atoms with E-state index < -0.39 is 10.0 Å². The highest BCUT2D eigenvalue weighted by Gasteiger charge is 2.27. The summed E-state index contributed by atoms with van der Waals surface area (Å²) in [6.07, 6.45) is 1.65. The van der Waals surface area contributed by atoms with Crippen molar-refractivity contribution in [3.63, 3.8) is 0 Å². The van der Waals surface area contributed by atoms with Crippen molar-refractivity contribution in [2.75, 3.05) is 24.4 Å². The highest BCUT2D eigenvalue weighted by Crippen LogP contribution is 2.30. The number of anilines is 1. The lowest BCUT2D eigenvalue weighted by Crippen LogP contribution is -2.38. The van der Waals surface area contributed by atoms with Crippen LogP contribution >= 0.6 is 0 Å². The first kappa shape index (κ1) is 21.9. The van der Waals surface area contributed by atoms with Crippen LogP contribution in [0.15, 0.2) is 83.8 Å². The van der Waals surface area contributed by atoms with E-state index in [1.165, 1.54) is 23.5 Å². The van der Waals surface area contributed by atoms with Gasteiger partial charge in [-0.3, -0.25) is 9.10 Å². The smallest absolute Gasteiger partial charge is 0.264 e. The molecule has 0 atom stereocenters. The molecule has 1 aliphatic heterocycles. The van der Waals surface area contributed by atoms with E-state index in [4.69, 9.17) is 0 Å². The number of likely N-dealkylation sites (tertiary alicyclic amines) is 1. The zero-order valence-corrected chi connectivity index (χ0v) is 18.7. The van der Waals surface area contributed by atoms with Crippen LogP contribution in [0.5, 0.6) is 5.75 Å². The van der Waals surface area contributed by atoms with Gasteiger partial charge in [-0.15, -0.1) is 0 Å². The van der Waals surface area contributed by atoms with Crippen molar-refractivity contribution in [2.24, 2.45) is 0 Å². The van der Waals surface area contributed by atoms with Crippen molar-refractivity contribution in [2.45, 2.75) is 23.7 Å². The zero-order chi connectivity index (χ0) is 22.7. The Labute approximate surface area is 188 Å². The van der Waals surface area contributed by atoms with Crippen LogP contribution in [0.25, 0.3) is 0 Å². The SMILES string of the molecule is CN(c1ccccc1)S(=O)(=O)c1cccc(C(=O)N2CCC(c3ccc(O)cc3)CC2)c1. The monoisotopic (exact) mass is 450 g/mol. The number of hydrogen-bond acceptors (Lipinski definition) is 4. The predicted octanol–water partition coefficient (Wildman–Crippen LogP) is 4.24. The maximum absolute atomic E-state index is 13.1. The highest BCUT2D eigenvalue weighted by atomic mass is 32.2. The fourth-order valence-electron chi connectivity index (χ4n) is 4.07. The van der Waals surface area contributed by atoms with E-state index in [2.05, 4.69) is 0 Å². The van der Waals surface area contributed by atoms with Gasteiger partial charge in [-0.2, -0.15) is 0 Å². The molecule has 1 heterocycles. The molecule has 1 fully saturated rings. The maximum Gasteiger partial charge on any atom is 0.264 e. The summed E-state index contributed by atoms with van der Waals surface area (Å²) in [4.78, 5) is 15.0. The molecule has 32 heavy (non-hydrogen) atoms. The number of phenols is 1. The van der Waals surface area contributed by atoms with E-state index in [0.29, 0.717) is 30.3 Å². The molecule has 0 spiro atoms. The molecule has 4 rings (SSSR count).